The lowest BCUT2D eigenvalue weighted by molar-refractivity contribution is 0.602. The molecule has 0 saturated heterocycles. The topological polar surface area (TPSA) is 17.1 Å². The van der Waals surface area contributed by atoms with Crippen LogP contribution in [0.3, 0.4) is 0 Å². The summed E-state index contributed by atoms with van der Waals surface area (Å²) < 4.78 is 10.2. The third kappa shape index (κ3) is 3.99. The molecule has 0 N–H and O–H groups in total. The molecule has 0 amide bonds. The van der Waals surface area contributed by atoms with E-state index in [4.69, 9.17) is 0 Å². The van der Waals surface area contributed by atoms with Crippen LogP contribution in [0.25, 0.3) is 0 Å². The van der Waals surface area contributed by atoms with E-state index in [0.717, 1.165) is 0 Å². The average Bonchev–Trinajstić information content (AvgIpc) is 1.99. The Morgan fingerprint density at radius 2 is 2.00 bits per heavy atom. The number of hydrogen-bond acceptors (Lipinski definition) is 1. The summed E-state index contributed by atoms with van der Waals surface area (Å²) in [6.45, 7) is 6.96. The molecule has 0 aromatic rings. The molecule has 1 nitrogen and oxygen atoms in total. The van der Waals surface area contributed by atoms with Gasteiger partial charge < -0.3 is 0 Å². The highest BCUT2D eigenvalue weighted by atomic mass is 31.1. The zero-order valence-corrected chi connectivity index (χ0v) is 6.55. The predicted octanol–water partition coefficient (Wildman–Crippen LogP) is 3.09. The van der Waals surface area contributed by atoms with E-state index in [2.05, 4.69) is 13.2 Å². The second kappa shape index (κ2) is 6.18. The van der Waals surface area contributed by atoms with Crippen LogP contribution in [0.1, 0.15) is 0 Å². The lowest BCUT2D eigenvalue weighted by Crippen LogP contribution is -1.57. The fourth-order valence-corrected chi connectivity index (χ4v) is 0.590. The summed E-state index contributed by atoms with van der Waals surface area (Å²) in [6, 6.07) is 0. The van der Waals surface area contributed by atoms with Crippen LogP contribution >= 0.6 is 8.46 Å². The molecule has 52 valence electrons. The molecule has 0 heterocycles. The molecular formula is C8H9OP. The summed E-state index contributed by atoms with van der Waals surface area (Å²) in [7, 11) is -0.00223. The molecular weight excluding hydrogens is 143 g/mol. The molecule has 0 rings (SSSR count). The van der Waals surface area contributed by atoms with Gasteiger partial charge in [-0.05, 0) is 6.08 Å². The number of allylic oxidation sites excluding steroid dienone is 6. The summed E-state index contributed by atoms with van der Waals surface area (Å²) in [6.07, 6.45) is 8.42. The molecule has 0 aliphatic carbocycles. The van der Waals surface area contributed by atoms with Crippen molar-refractivity contribution >= 4 is 8.46 Å². The zero-order valence-electron chi connectivity index (χ0n) is 5.66. The Bertz CT molecular complexity index is 179. The van der Waals surface area contributed by atoms with Gasteiger partial charge in [-0.1, -0.05) is 37.5 Å². The maximum absolute atomic E-state index is 10.2. The Morgan fingerprint density at radius 1 is 1.30 bits per heavy atom. The first kappa shape index (κ1) is 9.06. The fourth-order valence-electron chi connectivity index (χ4n) is 0.368. The highest BCUT2D eigenvalue weighted by Gasteiger charge is 1.82. The molecule has 0 spiro atoms. The van der Waals surface area contributed by atoms with E-state index in [1.807, 2.05) is 0 Å². The highest BCUT2D eigenvalue weighted by Crippen LogP contribution is 2.11. The second-order valence-electron chi connectivity index (χ2n) is 1.51. The third-order valence-corrected chi connectivity index (χ3v) is 1.37. The summed E-state index contributed by atoms with van der Waals surface area (Å²) in [4.78, 5) is 0. The Hall–Kier alpha value is -0.940. The van der Waals surface area contributed by atoms with Gasteiger partial charge in [0.15, 0.2) is 8.46 Å². The molecule has 0 radical (unpaired) electrons. The standard InChI is InChI=1S/C8H9OP/c1-3-5-6-7-8(4-2)10-9/h3-7H,1-2H2/b6-5-,8-7+. The van der Waals surface area contributed by atoms with Gasteiger partial charge in [0.1, 0.15) is 0 Å². The van der Waals surface area contributed by atoms with Crippen LogP contribution in [-0.2, 0) is 4.57 Å². The van der Waals surface area contributed by atoms with Crippen molar-refractivity contribution in [1.29, 1.82) is 0 Å². The van der Waals surface area contributed by atoms with Crippen LogP contribution in [0, 0.1) is 0 Å². The molecule has 0 aromatic carbocycles. The quantitative estimate of drug-likeness (QED) is 0.447. The molecule has 0 bridgehead atoms. The number of rotatable bonds is 4. The van der Waals surface area contributed by atoms with Crippen molar-refractivity contribution < 1.29 is 4.57 Å². The van der Waals surface area contributed by atoms with Crippen LogP contribution in [-0.4, -0.2) is 0 Å². The van der Waals surface area contributed by atoms with Crippen LogP contribution < -0.4 is 0 Å². The van der Waals surface area contributed by atoms with Crippen LogP contribution in [0.4, 0.5) is 0 Å². The lowest BCUT2D eigenvalue weighted by Gasteiger charge is -1.79. The van der Waals surface area contributed by atoms with E-state index in [0.29, 0.717) is 5.31 Å². The average molecular weight is 152 g/mol. The van der Waals surface area contributed by atoms with Gasteiger partial charge in [0.2, 0.25) is 0 Å². The second-order valence-corrected chi connectivity index (χ2v) is 2.21. The third-order valence-electron chi connectivity index (χ3n) is 0.829. The summed E-state index contributed by atoms with van der Waals surface area (Å²) in [5.41, 5.74) is 0. The van der Waals surface area contributed by atoms with E-state index < -0.39 is 0 Å². The first-order valence-electron chi connectivity index (χ1n) is 2.80. The van der Waals surface area contributed by atoms with Crippen molar-refractivity contribution in [3.63, 3.8) is 0 Å². The van der Waals surface area contributed by atoms with Crippen LogP contribution in [0.5, 0.6) is 0 Å². The largest absolute Gasteiger partial charge is 0.269 e. The Kier molecular flexibility index (Phi) is 5.60. The Morgan fingerprint density at radius 3 is 2.40 bits per heavy atom. The van der Waals surface area contributed by atoms with Crippen molar-refractivity contribution in [3.05, 3.63) is 48.9 Å². The Balaban J connectivity index is 4.10. The van der Waals surface area contributed by atoms with E-state index in [9.17, 15) is 4.57 Å². The summed E-state index contributed by atoms with van der Waals surface area (Å²) >= 11 is 0. The van der Waals surface area contributed by atoms with Crippen molar-refractivity contribution in [1.82, 2.24) is 0 Å². The predicted molar refractivity (Wildman–Crippen MR) is 45.2 cm³/mol. The van der Waals surface area contributed by atoms with E-state index in [1.54, 1.807) is 30.4 Å². The van der Waals surface area contributed by atoms with Crippen molar-refractivity contribution in [3.8, 4) is 0 Å². The summed E-state index contributed by atoms with van der Waals surface area (Å²) in [5.74, 6) is 0. The van der Waals surface area contributed by atoms with Gasteiger partial charge in [0, 0.05) is 5.31 Å². The molecule has 0 aliphatic rings. The molecule has 10 heavy (non-hydrogen) atoms. The van der Waals surface area contributed by atoms with Gasteiger partial charge in [-0.15, -0.1) is 0 Å². The zero-order chi connectivity index (χ0) is 7.82. The smallest absolute Gasteiger partial charge is 0.192 e. The van der Waals surface area contributed by atoms with E-state index in [1.165, 1.54) is 0 Å². The first-order chi connectivity index (χ1) is 4.85. The molecule has 0 atom stereocenters. The molecule has 2 heteroatoms. The fraction of sp³-hybridized carbons (Fsp3) is 0. The number of hydrogen-bond donors (Lipinski definition) is 0. The lowest BCUT2D eigenvalue weighted by atomic mass is 10.4. The van der Waals surface area contributed by atoms with Crippen molar-refractivity contribution in [2.75, 3.05) is 0 Å². The molecule has 0 aromatic heterocycles. The minimum absolute atomic E-state index is 0.00223. The van der Waals surface area contributed by atoms with Gasteiger partial charge in [0.05, 0.1) is 0 Å². The van der Waals surface area contributed by atoms with Gasteiger partial charge >= 0.3 is 0 Å². The van der Waals surface area contributed by atoms with E-state index >= 15 is 0 Å². The van der Waals surface area contributed by atoms with Crippen LogP contribution in [0.2, 0.25) is 0 Å². The maximum Gasteiger partial charge on any atom is 0.192 e. The van der Waals surface area contributed by atoms with Crippen LogP contribution in [0.15, 0.2) is 48.9 Å². The van der Waals surface area contributed by atoms with Crippen molar-refractivity contribution in [2.45, 2.75) is 0 Å². The minimum Gasteiger partial charge on any atom is -0.269 e. The molecule has 0 unspecified atom stereocenters. The van der Waals surface area contributed by atoms with E-state index in [-0.39, 0.29) is 8.46 Å². The Labute approximate surface area is 62.7 Å². The molecule has 0 saturated carbocycles. The minimum atomic E-state index is -0.00223. The first-order valence-corrected chi connectivity index (χ1v) is 3.61. The normalized spacial score (nSPS) is 12.2. The van der Waals surface area contributed by atoms with Crippen molar-refractivity contribution in [2.24, 2.45) is 0 Å². The SMILES string of the molecule is C=C/C=C\C=C(/C=C)P=O. The maximum atomic E-state index is 10.2. The molecule has 0 aliphatic heterocycles. The van der Waals surface area contributed by atoms with Gasteiger partial charge in [-0.2, -0.15) is 0 Å². The molecule has 0 fully saturated rings. The summed E-state index contributed by atoms with van der Waals surface area (Å²) in [5, 5.41) is 0.665. The highest BCUT2D eigenvalue weighted by molar-refractivity contribution is 7.29. The van der Waals surface area contributed by atoms with Gasteiger partial charge in [-0.3, -0.25) is 4.57 Å². The van der Waals surface area contributed by atoms with Gasteiger partial charge in [-0.25, -0.2) is 0 Å². The monoisotopic (exact) mass is 152 g/mol. The van der Waals surface area contributed by atoms with Gasteiger partial charge in [0.25, 0.3) is 0 Å².